The Bertz CT molecular complexity index is 867. The fourth-order valence-electron chi connectivity index (χ4n) is 3.18. The molecule has 1 saturated heterocycles. The lowest BCUT2D eigenvalue weighted by Gasteiger charge is -2.17. The van der Waals surface area contributed by atoms with Gasteiger partial charge in [-0.1, -0.05) is 30.3 Å². The van der Waals surface area contributed by atoms with E-state index in [4.69, 9.17) is 4.74 Å². The molecule has 0 spiro atoms. The monoisotopic (exact) mass is 388 g/mol. The number of nitrogens with one attached hydrogen (secondary N) is 1. The zero-order valence-electron chi connectivity index (χ0n) is 15.3. The molecule has 1 heterocycles. The van der Waals surface area contributed by atoms with Crippen LogP contribution in [0, 0.1) is 5.92 Å². The molecule has 1 aliphatic rings. The van der Waals surface area contributed by atoms with E-state index >= 15 is 0 Å². The summed E-state index contributed by atoms with van der Waals surface area (Å²) in [5.41, 5.74) is 1.19. The van der Waals surface area contributed by atoms with E-state index in [1.165, 1.54) is 24.8 Å². The van der Waals surface area contributed by atoms with Gasteiger partial charge in [0.1, 0.15) is 5.75 Å². The zero-order valence-corrected chi connectivity index (χ0v) is 16.1. The predicted octanol–water partition coefficient (Wildman–Crippen LogP) is 2.06. The van der Waals surface area contributed by atoms with Crippen molar-refractivity contribution in [2.24, 2.45) is 5.92 Å². The molecule has 6 nitrogen and oxygen atoms in total. The van der Waals surface area contributed by atoms with E-state index in [9.17, 15) is 13.2 Å². The van der Waals surface area contributed by atoms with Crippen molar-refractivity contribution >= 4 is 15.9 Å². The van der Waals surface area contributed by atoms with Crippen molar-refractivity contribution in [3.8, 4) is 5.75 Å². The van der Waals surface area contributed by atoms with E-state index in [-0.39, 0.29) is 23.3 Å². The Labute approximate surface area is 160 Å². The number of sulfonamides is 1. The van der Waals surface area contributed by atoms with E-state index in [0.29, 0.717) is 25.3 Å². The van der Waals surface area contributed by atoms with Crippen LogP contribution < -0.4 is 9.46 Å². The minimum absolute atomic E-state index is 0.0127. The summed E-state index contributed by atoms with van der Waals surface area (Å²) >= 11 is 0. The number of amides is 1. The number of ether oxygens (including phenoxy) is 1. The topological polar surface area (TPSA) is 75.7 Å². The number of benzene rings is 2. The highest BCUT2D eigenvalue weighted by molar-refractivity contribution is 7.89. The Morgan fingerprint density at radius 2 is 1.81 bits per heavy atom. The molecular weight excluding hydrogens is 364 g/mol. The third-order valence-electron chi connectivity index (χ3n) is 4.74. The second kappa shape index (κ2) is 8.54. The smallest absolute Gasteiger partial charge is 0.240 e. The SMILES string of the molecule is COc1ccc(S(=O)(=O)NCC2CC(=O)N(CCc3ccccc3)C2)cc1. The molecule has 144 valence electrons. The quantitative estimate of drug-likeness (QED) is 0.751. The summed E-state index contributed by atoms with van der Waals surface area (Å²) in [4.78, 5) is 14.2. The van der Waals surface area contributed by atoms with Crippen LogP contribution in [0.15, 0.2) is 59.5 Å². The lowest BCUT2D eigenvalue weighted by molar-refractivity contribution is -0.127. The summed E-state index contributed by atoms with van der Waals surface area (Å²) in [5.74, 6) is 0.672. The average Bonchev–Trinajstić information content (AvgIpc) is 3.05. The van der Waals surface area contributed by atoms with Gasteiger partial charge >= 0.3 is 0 Å². The number of hydrogen-bond acceptors (Lipinski definition) is 4. The summed E-state index contributed by atoms with van der Waals surface area (Å²) in [6.45, 7) is 1.49. The summed E-state index contributed by atoms with van der Waals surface area (Å²) in [7, 11) is -2.07. The van der Waals surface area contributed by atoms with Gasteiger partial charge in [-0.15, -0.1) is 0 Å². The Morgan fingerprint density at radius 3 is 2.48 bits per heavy atom. The van der Waals surface area contributed by atoms with Crippen molar-refractivity contribution in [3.05, 3.63) is 60.2 Å². The van der Waals surface area contributed by atoms with Gasteiger partial charge in [0.15, 0.2) is 0 Å². The fraction of sp³-hybridized carbons (Fsp3) is 0.350. The van der Waals surface area contributed by atoms with Crippen molar-refractivity contribution in [2.45, 2.75) is 17.7 Å². The Balaban J connectivity index is 1.51. The molecule has 7 heteroatoms. The molecular formula is C20H24N2O4S. The van der Waals surface area contributed by atoms with Crippen molar-refractivity contribution < 1.29 is 17.9 Å². The zero-order chi connectivity index (χ0) is 19.3. The van der Waals surface area contributed by atoms with Gasteiger partial charge in [-0.25, -0.2) is 13.1 Å². The van der Waals surface area contributed by atoms with Gasteiger partial charge in [0.25, 0.3) is 0 Å². The number of hydrogen-bond donors (Lipinski definition) is 1. The lowest BCUT2D eigenvalue weighted by atomic mass is 10.1. The van der Waals surface area contributed by atoms with Gasteiger partial charge in [0.05, 0.1) is 12.0 Å². The van der Waals surface area contributed by atoms with Crippen LogP contribution in [0.5, 0.6) is 5.75 Å². The number of carbonyl (C=O) groups is 1. The fourth-order valence-corrected chi connectivity index (χ4v) is 4.30. The van der Waals surface area contributed by atoms with E-state index in [2.05, 4.69) is 4.72 Å². The van der Waals surface area contributed by atoms with E-state index in [1.807, 2.05) is 35.2 Å². The van der Waals surface area contributed by atoms with Crippen LogP contribution in [0.3, 0.4) is 0 Å². The molecule has 3 rings (SSSR count). The van der Waals surface area contributed by atoms with Gasteiger partial charge in [0.2, 0.25) is 15.9 Å². The van der Waals surface area contributed by atoms with Crippen LogP contribution in [-0.2, 0) is 21.2 Å². The molecule has 0 aromatic heterocycles. The molecule has 2 aromatic carbocycles. The molecule has 0 bridgehead atoms. The first-order chi connectivity index (χ1) is 13.0. The molecule has 1 unspecified atom stereocenters. The number of methoxy groups -OCH3 is 1. The molecule has 1 fully saturated rings. The van der Waals surface area contributed by atoms with E-state index < -0.39 is 10.0 Å². The predicted molar refractivity (Wildman–Crippen MR) is 103 cm³/mol. The Morgan fingerprint density at radius 1 is 1.11 bits per heavy atom. The van der Waals surface area contributed by atoms with Crippen molar-refractivity contribution in [1.29, 1.82) is 0 Å². The van der Waals surface area contributed by atoms with E-state index in [1.54, 1.807) is 12.1 Å². The molecule has 0 radical (unpaired) electrons. The number of nitrogens with zero attached hydrogens (tertiary/aromatic N) is 1. The van der Waals surface area contributed by atoms with Gasteiger partial charge in [-0.2, -0.15) is 0 Å². The van der Waals surface area contributed by atoms with Gasteiger partial charge in [0, 0.05) is 26.1 Å². The normalized spacial score (nSPS) is 17.3. The Kier molecular flexibility index (Phi) is 6.13. The summed E-state index contributed by atoms with van der Waals surface area (Å²) < 4.78 is 32.5. The van der Waals surface area contributed by atoms with Gasteiger partial charge in [-0.3, -0.25) is 4.79 Å². The van der Waals surface area contributed by atoms with Gasteiger partial charge < -0.3 is 9.64 Å². The first-order valence-electron chi connectivity index (χ1n) is 8.93. The second-order valence-corrected chi connectivity index (χ2v) is 8.44. The molecule has 0 saturated carbocycles. The first kappa shape index (κ1) is 19.4. The molecule has 27 heavy (non-hydrogen) atoms. The van der Waals surface area contributed by atoms with E-state index in [0.717, 1.165) is 6.42 Å². The summed E-state index contributed by atoms with van der Waals surface area (Å²) in [5, 5.41) is 0. The average molecular weight is 388 g/mol. The molecule has 1 N–H and O–H groups in total. The largest absolute Gasteiger partial charge is 0.497 e. The first-order valence-corrected chi connectivity index (χ1v) is 10.4. The van der Waals surface area contributed by atoms with Crippen molar-refractivity contribution in [3.63, 3.8) is 0 Å². The third kappa shape index (κ3) is 5.08. The van der Waals surface area contributed by atoms with Crippen molar-refractivity contribution in [2.75, 3.05) is 26.7 Å². The van der Waals surface area contributed by atoms with Crippen LogP contribution in [0.25, 0.3) is 0 Å². The van der Waals surface area contributed by atoms with Crippen molar-refractivity contribution in [1.82, 2.24) is 9.62 Å². The molecule has 2 aromatic rings. The number of rotatable bonds is 8. The highest BCUT2D eigenvalue weighted by Crippen LogP contribution is 2.19. The molecule has 1 atom stereocenters. The maximum atomic E-state index is 12.4. The van der Waals surface area contributed by atoms with Gasteiger partial charge in [-0.05, 0) is 42.2 Å². The highest BCUT2D eigenvalue weighted by Gasteiger charge is 2.30. The maximum absolute atomic E-state index is 12.4. The Hall–Kier alpha value is -2.38. The van der Waals surface area contributed by atoms with Crippen LogP contribution in [-0.4, -0.2) is 46.0 Å². The van der Waals surface area contributed by atoms with Crippen LogP contribution in [0.1, 0.15) is 12.0 Å². The second-order valence-electron chi connectivity index (χ2n) is 6.67. The minimum Gasteiger partial charge on any atom is -0.497 e. The lowest BCUT2D eigenvalue weighted by Crippen LogP contribution is -2.32. The number of likely N-dealkylation sites (tertiary alicyclic amines) is 1. The van der Waals surface area contributed by atoms with Crippen LogP contribution >= 0.6 is 0 Å². The standard InChI is InChI=1S/C20H24N2O4S/c1-26-18-7-9-19(10-8-18)27(24,25)21-14-17-13-20(23)22(15-17)12-11-16-5-3-2-4-6-16/h2-10,17,21H,11-15H2,1H3. The van der Waals surface area contributed by atoms with Crippen LogP contribution in [0.4, 0.5) is 0 Å². The minimum atomic E-state index is -3.60. The number of carbonyl (C=O) groups excluding carboxylic acids is 1. The molecule has 1 aliphatic heterocycles. The maximum Gasteiger partial charge on any atom is 0.240 e. The third-order valence-corrected chi connectivity index (χ3v) is 6.18. The highest BCUT2D eigenvalue weighted by atomic mass is 32.2. The molecule has 0 aliphatic carbocycles. The van der Waals surface area contributed by atoms with Crippen LogP contribution in [0.2, 0.25) is 0 Å². The summed E-state index contributed by atoms with van der Waals surface area (Å²) in [6.07, 6.45) is 1.18. The molecule has 1 amide bonds. The summed E-state index contributed by atoms with van der Waals surface area (Å²) in [6, 6.07) is 16.3.